The molecule has 1 amide bonds. The molecule has 1 N–H and O–H groups in total. The van der Waals surface area contributed by atoms with E-state index >= 15 is 0 Å². The molecule has 1 saturated heterocycles. The highest BCUT2D eigenvalue weighted by atomic mass is 16.5. The standard InChI is InChI=1S/C16H18N2O4/c1-16(2)15(21)13(18-7-3-4-11(18)19)12-10(22-16)6-5-9(8-17)14(12)20/h5-6,9,13,15,21H,3-4,7H2,1-2H3/t9?,13-,15+/m0/s1. The van der Waals surface area contributed by atoms with Crippen molar-refractivity contribution in [3.63, 3.8) is 0 Å². The second kappa shape index (κ2) is 4.96. The second-order valence-electron chi connectivity index (χ2n) is 6.39. The first kappa shape index (κ1) is 14.8. The summed E-state index contributed by atoms with van der Waals surface area (Å²) in [6.07, 6.45) is 3.20. The maximum Gasteiger partial charge on any atom is 0.223 e. The van der Waals surface area contributed by atoms with Gasteiger partial charge in [0, 0.05) is 13.0 Å². The van der Waals surface area contributed by atoms with Crippen LogP contribution in [-0.4, -0.2) is 46.0 Å². The first-order valence-corrected chi connectivity index (χ1v) is 7.39. The van der Waals surface area contributed by atoms with Crippen LogP contribution in [0.1, 0.15) is 26.7 Å². The van der Waals surface area contributed by atoms with E-state index in [0.717, 1.165) is 0 Å². The molecule has 3 atom stereocenters. The molecule has 3 rings (SSSR count). The smallest absolute Gasteiger partial charge is 0.223 e. The first-order chi connectivity index (χ1) is 10.4. The summed E-state index contributed by atoms with van der Waals surface area (Å²) < 4.78 is 5.75. The van der Waals surface area contributed by atoms with Crippen molar-refractivity contribution < 1.29 is 19.4 Å². The summed E-state index contributed by atoms with van der Waals surface area (Å²) in [6, 6.07) is 1.19. The lowest BCUT2D eigenvalue weighted by atomic mass is 9.79. The highest BCUT2D eigenvalue weighted by molar-refractivity contribution is 6.03. The summed E-state index contributed by atoms with van der Waals surface area (Å²) in [5.74, 6) is -1.00. The number of nitriles is 1. The number of hydrogen-bond donors (Lipinski definition) is 1. The molecule has 0 aromatic heterocycles. The number of likely N-dealkylation sites (tertiary alicyclic amines) is 1. The quantitative estimate of drug-likeness (QED) is 0.769. The number of aliphatic hydroxyl groups excluding tert-OH is 1. The van der Waals surface area contributed by atoms with Crippen LogP contribution in [0, 0.1) is 17.2 Å². The highest BCUT2D eigenvalue weighted by Crippen LogP contribution is 2.40. The second-order valence-corrected chi connectivity index (χ2v) is 6.39. The maximum atomic E-state index is 12.6. The number of allylic oxidation sites excluding steroid dienone is 2. The highest BCUT2D eigenvalue weighted by Gasteiger charge is 2.51. The molecule has 6 heteroatoms. The Morgan fingerprint density at radius 2 is 2.18 bits per heavy atom. The van der Waals surface area contributed by atoms with Crippen LogP contribution in [0.3, 0.4) is 0 Å². The van der Waals surface area contributed by atoms with Crippen molar-refractivity contribution in [3.05, 3.63) is 23.5 Å². The van der Waals surface area contributed by atoms with E-state index in [2.05, 4.69) is 0 Å². The molecule has 1 unspecified atom stereocenters. The largest absolute Gasteiger partial charge is 0.485 e. The van der Waals surface area contributed by atoms with Crippen LogP contribution in [0.4, 0.5) is 0 Å². The zero-order valence-corrected chi connectivity index (χ0v) is 12.6. The number of carbonyl (C=O) groups is 2. The molecule has 2 aliphatic heterocycles. The number of Topliss-reactive ketones (excluding diaryl/α,β-unsaturated/α-hetero) is 1. The molecule has 22 heavy (non-hydrogen) atoms. The van der Waals surface area contributed by atoms with Crippen LogP contribution in [0.5, 0.6) is 0 Å². The molecule has 1 aliphatic carbocycles. The molecule has 6 nitrogen and oxygen atoms in total. The zero-order valence-electron chi connectivity index (χ0n) is 12.6. The average Bonchev–Trinajstić information content (AvgIpc) is 2.87. The van der Waals surface area contributed by atoms with E-state index in [0.29, 0.717) is 25.1 Å². The first-order valence-electron chi connectivity index (χ1n) is 7.39. The third-order valence-electron chi connectivity index (χ3n) is 4.52. The lowest BCUT2D eigenvalue weighted by Crippen LogP contribution is -2.59. The van der Waals surface area contributed by atoms with Gasteiger partial charge in [0.15, 0.2) is 5.78 Å². The topological polar surface area (TPSA) is 90.6 Å². The molecule has 0 aromatic rings. The van der Waals surface area contributed by atoms with Gasteiger partial charge < -0.3 is 14.7 Å². The summed E-state index contributed by atoms with van der Waals surface area (Å²) in [5, 5.41) is 19.8. The van der Waals surface area contributed by atoms with E-state index < -0.39 is 23.7 Å². The minimum Gasteiger partial charge on any atom is -0.485 e. The van der Waals surface area contributed by atoms with E-state index in [1.807, 2.05) is 6.07 Å². The van der Waals surface area contributed by atoms with E-state index in [-0.39, 0.29) is 17.3 Å². The van der Waals surface area contributed by atoms with Crippen molar-refractivity contribution in [1.29, 1.82) is 5.26 Å². The molecule has 0 spiro atoms. The molecule has 1 fully saturated rings. The Labute approximate surface area is 128 Å². The molecule has 3 aliphatic rings. The Hall–Kier alpha value is -2.13. The summed E-state index contributed by atoms with van der Waals surface area (Å²) in [5.41, 5.74) is -0.674. The van der Waals surface area contributed by atoms with Gasteiger partial charge in [0.1, 0.15) is 23.4 Å². The van der Waals surface area contributed by atoms with Crippen LogP contribution in [0.25, 0.3) is 0 Å². The van der Waals surface area contributed by atoms with Crippen molar-refractivity contribution >= 4 is 11.7 Å². The van der Waals surface area contributed by atoms with Crippen LogP contribution < -0.4 is 0 Å². The van der Waals surface area contributed by atoms with Gasteiger partial charge in [0.25, 0.3) is 0 Å². The Morgan fingerprint density at radius 1 is 1.45 bits per heavy atom. The Bertz CT molecular complexity index is 641. The minimum absolute atomic E-state index is 0.0792. The lowest BCUT2D eigenvalue weighted by molar-refractivity contribution is -0.144. The van der Waals surface area contributed by atoms with Crippen molar-refractivity contribution in [2.75, 3.05) is 6.54 Å². The van der Waals surface area contributed by atoms with Crippen LogP contribution in [0.2, 0.25) is 0 Å². The number of aliphatic hydroxyl groups is 1. The molecule has 116 valence electrons. The molecular weight excluding hydrogens is 284 g/mol. The van der Waals surface area contributed by atoms with Gasteiger partial charge in [-0.2, -0.15) is 5.26 Å². The van der Waals surface area contributed by atoms with Crippen molar-refractivity contribution in [3.8, 4) is 6.07 Å². The van der Waals surface area contributed by atoms with Gasteiger partial charge in [-0.05, 0) is 26.3 Å². The van der Waals surface area contributed by atoms with Gasteiger partial charge in [-0.15, -0.1) is 0 Å². The molecule has 0 saturated carbocycles. The van der Waals surface area contributed by atoms with Crippen molar-refractivity contribution in [1.82, 2.24) is 4.90 Å². The summed E-state index contributed by atoms with van der Waals surface area (Å²) in [7, 11) is 0. The Balaban J connectivity index is 2.11. The molecular formula is C16H18N2O4. The fourth-order valence-electron chi connectivity index (χ4n) is 3.30. The third kappa shape index (κ3) is 2.04. The normalized spacial score (nSPS) is 33.5. The lowest BCUT2D eigenvalue weighted by Gasteiger charge is -2.46. The van der Waals surface area contributed by atoms with Crippen LogP contribution >= 0.6 is 0 Å². The maximum absolute atomic E-state index is 12.6. The predicted octanol–water partition coefficient (Wildman–Crippen LogP) is 0.680. The van der Waals surface area contributed by atoms with Crippen LogP contribution in [0.15, 0.2) is 23.5 Å². The number of hydrogen-bond acceptors (Lipinski definition) is 5. The van der Waals surface area contributed by atoms with Gasteiger partial charge in [-0.25, -0.2) is 0 Å². The number of rotatable bonds is 1. The Kier molecular flexibility index (Phi) is 3.33. The molecule has 0 aromatic carbocycles. The fourth-order valence-corrected chi connectivity index (χ4v) is 3.30. The zero-order chi connectivity index (χ0) is 16.1. The monoisotopic (exact) mass is 302 g/mol. The van der Waals surface area contributed by atoms with Gasteiger partial charge in [-0.3, -0.25) is 9.59 Å². The average molecular weight is 302 g/mol. The van der Waals surface area contributed by atoms with Gasteiger partial charge in [0.05, 0.1) is 17.7 Å². The molecule has 2 heterocycles. The molecule has 0 bridgehead atoms. The predicted molar refractivity (Wildman–Crippen MR) is 76.2 cm³/mol. The van der Waals surface area contributed by atoms with E-state index in [4.69, 9.17) is 10.00 Å². The van der Waals surface area contributed by atoms with Gasteiger partial charge in [0.2, 0.25) is 5.91 Å². The summed E-state index contributed by atoms with van der Waals surface area (Å²) in [4.78, 5) is 26.2. The van der Waals surface area contributed by atoms with Gasteiger partial charge >= 0.3 is 0 Å². The van der Waals surface area contributed by atoms with E-state index in [1.165, 1.54) is 6.08 Å². The summed E-state index contributed by atoms with van der Waals surface area (Å²) in [6.45, 7) is 3.95. The number of carbonyl (C=O) groups excluding carboxylic acids is 2. The summed E-state index contributed by atoms with van der Waals surface area (Å²) >= 11 is 0. The Morgan fingerprint density at radius 3 is 2.77 bits per heavy atom. The molecule has 0 radical (unpaired) electrons. The van der Waals surface area contributed by atoms with Crippen molar-refractivity contribution in [2.45, 2.75) is 44.4 Å². The van der Waals surface area contributed by atoms with Crippen molar-refractivity contribution in [2.24, 2.45) is 5.92 Å². The number of nitrogens with zero attached hydrogens (tertiary/aromatic N) is 2. The fraction of sp³-hybridized carbons (Fsp3) is 0.562. The number of amides is 1. The minimum atomic E-state index is -1.02. The number of ether oxygens (including phenoxy) is 1. The SMILES string of the molecule is CC1(C)OC2=C(C(=O)C(C#N)C=C2)[C@H](N2CCCC2=O)[C@H]1O. The van der Waals surface area contributed by atoms with Gasteiger partial charge in [-0.1, -0.05) is 6.08 Å². The van der Waals surface area contributed by atoms with E-state index in [1.54, 1.807) is 24.8 Å². The van der Waals surface area contributed by atoms with Crippen LogP contribution in [-0.2, 0) is 14.3 Å². The van der Waals surface area contributed by atoms with E-state index in [9.17, 15) is 14.7 Å². The number of ketones is 1. The third-order valence-corrected chi connectivity index (χ3v) is 4.52.